The van der Waals surface area contributed by atoms with Crippen LogP contribution in [0, 0.1) is 5.92 Å². The summed E-state index contributed by atoms with van der Waals surface area (Å²) in [5.74, 6) is 0.820. The molecule has 1 unspecified atom stereocenters. The van der Waals surface area contributed by atoms with E-state index in [9.17, 15) is 4.79 Å². The second-order valence-electron chi connectivity index (χ2n) is 4.94. The third-order valence-electron chi connectivity index (χ3n) is 3.55. The number of para-hydroxylation sites is 1. The zero-order valence-corrected chi connectivity index (χ0v) is 12.4. The molecular weight excluding hydrogens is 290 g/mol. The number of anilines is 1. The van der Waals surface area contributed by atoms with Crippen molar-refractivity contribution >= 4 is 27.5 Å². The van der Waals surface area contributed by atoms with Crippen molar-refractivity contribution in [2.45, 2.75) is 32.6 Å². The maximum Gasteiger partial charge on any atom is 0.227 e. The van der Waals surface area contributed by atoms with Crippen LogP contribution in [0.1, 0.15) is 31.7 Å². The molecule has 0 fully saturated rings. The Bertz CT molecular complexity index is 419. The molecule has 0 saturated heterocycles. The lowest BCUT2D eigenvalue weighted by atomic mass is 9.98. The van der Waals surface area contributed by atoms with Crippen molar-refractivity contribution in [3.63, 3.8) is 0 Å². The molecule has 1 amide bonds. The van der Waals surface area contributed by atoms with Crippen LogP contribution >= 0.6 is 15.9 Å². The van der Waals surface area contributed by atoms with Crippen molar-refractivity contribution in [1.82, 2.24) is 0 Å². The Morgan fingerprint density at radius 1 is 1.33 bits per heavy atom. The summed E-state index contributed by atoms with van der Waals surface area (Å²) in [6.45, 7) is 3.04. The van der Waals surface area contributed by atoms with Crippen LogP contribution in [0.15, 0.2) is 24.3 Å². The monoisotopic (exact) mass is 309 g/mol. The summed E-state index contributed by atoms with van der Waals surface area (Å²) in [5, 5.41) is 0.965. The van der Waals surface area contributed by atoms with E-state index < -0.39 is 0 Å². The lowest BCUT2D eigenvalue weighted by Gasteiger charge is -2.32. The number of halogens is 1. The minimum absolute atomic E-state index is 0.274. The number of nitrogens with zero attached hydrogens (tertiary/aromatic N) is 1. The van der Waals surface area contributed by atoms with E-state index in [2.05, 4.69) is 41.1 Å². The molecule has 1 aliphatic rings. The molecule has 0 N–H and O–H groups in total. The number of carbonyl (C=O) groups is 1. The maximum atomic E-state index is 12.1. The van der Waals surface area contributed by atoms with Gasteiger partial charge in [-0.3, -0.25) is 4.79 Å². The van der Waals surface area contributed by atoms with Crippen LogP contribution in [-0.4, -0.2) is 17.8 Å². The Labute approximate surface area is 117 Å². The molecular formula is C15H20BrNO. The standard InChI is InChI=1S/C15H20BrNO/c1-2-5-12(10-16)11-17-14-7-4-3-6-13(14)8-9-15(17)18/h3-4,6-7,12H,2,5,8-11H2,1H3. The summed E-state index contributed by atoms with van der Waals surface area (Å²) >= 11 is 3.57. The lowest BCUT2D eigenvalue weighted by Crippen LogP contribution is -2.39. The van der Waals surface area contributed by atoms with Crippen molar-refractivity contribution in [3.8, 4) is 0 Å². The van der Waals surface area contributed by atoms with Gasteiger partial charge in [0.15, 0.2) is 0 Å². The van der Waals surface area contributed by atoms with Gasteiger partial charge in [0.25, 0.3) is 0 Å². The maximum absolute atomic E-state index is 12.1. The lowest BCUT2D eigenvalue weighted by molar-refractivity contribution is -0.119. The molecule has 0 spiro atoms. The molecule has 1 heterocycles. The normalized spacial score (nSPS) is 16.6. The van der Waals surface area contributed by atoms with Crippen LogP contribution < -0.4 is 4.90 Å². The zero-order valence-electron chi connectivity index (χ0n) is 10.9. The minimum atomic E-state index is 0.274. The van der Waals surface area contributed by atoms with Gasteiger partial charge in [0.1, 0.15) is 0 Å². The summed E-state index contributed by atoms with van der Waals surface area (Å²) in [7, 11) is 0. The molecule has 2 nitrogen and oxygen atoms in total. The number of alkyl halides is 1. The van der Waals surface area contributed by atoms with Gasteiger partial charge in [0.2, 0.25) is 5.91 Å². The molecule has 1 aromatic rings. The number of rotatable bonds is 5. The number of amides is 1. The molecule has 1 aromatic carbocycles. The van der Waals surface area contributed by atoms with Gasteiger partial charge < -0.3 is 4.90 Å². The summed E-state index contributed by atoms with van der Waals surface area (Å²) < 4.78 is 0. The van der Waals surface area contributed by atoms with E-state index in [4.69, 9.17) is 0 Å². The average molecular weight is 310 g/mol. The molecule has 3 heteroatoms. The number of fused-ring (bicyclic) bond motifs is 1. The molecule has 1 aliphatic heterocycles. The van der Waals surface area contributed by atoms with Crippen molar-refractivity contribution in [3.05, 3.63) is 29.8 Å². The van der Waals surface area contributed by atoms with Crippen molar-refractivity contribution < 1.29 is 4.79 Å². The molecule has 0 saturated carbocycles. The first-order chi connectivity index (χ1) is 8.76. The van der Waals surface area contributed by atoms with E-state index >= 15 is 0 Å². The molecule has 98 valence electrons. The van der Waals surface area contributed by atoms with Gasteiger partial charge in [-0.25, -0.2) is 0 Å². The smallest absolute Gasteiger partial charge is 0.227 e. The fourth-order valence-electron chi connectivity index (χ4n) is 2.58. The second-order valence-corrected chi connectivity index (χ2v) is 5.59. The third-order valence-corrected chi connectivity index (χ3v) is 4.46. The molecule has 0 aromatic heterocycles. The van der Waals surface area contributed by atoms with E-state index in [-0.39, 0.29) is 5.91 Å². The van der Waals surface area contributed by atoms with Gasteiger partial charge in [0, 0.05) is 24.0 Å². The van der Waals surface area contributed by atoms with Gasteiger partial charge >= 0.3 is 0 Å². The van der Waals surface area contributed by atoms with Gasteiger partial charge in [0.05, 0.1) is 0 Å². The predicted octanol–water partition coefficient (Wildman–Crippen LogP) is 3.78. The number of carbonyl (C=O) groups excluding carboxylic acids is 1. The van der Waals surface area contributed by atoms with Crippen LogP contribution in [-0.2, 0) is 11.2 Å². The Morgan fingerprint density at radius 3 is 2.83 bits per heavy atom. The SMILES string of the molecule is CCCC(CBr)CN1C(=O)CCc2ccccc21. The van der Waals surface area contributed by atoms with E-state index in [1.54, 1.807) is 0 Å². The van der Waals surface area contributed by atoms with Crippen LogP contribution in [0.25, 0.3) is 0 Å². The Morgan fingerprint density at radius 2 is 2.11 bits per heavy atom. The Hall–Kier alpha value is -0.830. The number of aryl methyl sites for hydroxylation is 1. The zero-order chi connectivity index (χ0) is 13.0. The predicted molar refractivity (Wildman–Crippen MR) is 79.3 cm³/mol. The first-order valence-corrected chi connectivity index (χ1v) is 7.82. The highest BCUT2D eigenvalue weighted by molar-refractivity contribution is 9.09. The molecule has 18 heavy (non-hydrogen) atoms. The third kappa shape index (κ3) is 2.94. The fourth-order valence-corrected chi connectivity index (χ4v) is 3.11. The number of hydrogen-bond donors (Lipinski definition) is 0. The summed E-state index contributed by atoms with van der Waals surface area (Å²) in [6, 6.07) is 8.29. The number of hydrogen-bond acceptors (Lipinski definition) is 1. The molecule has 0 bridgehead atoms. The summed E-state index contributed by atoms with van der Waals surface area (Å²) in [5.41, 5.74) is 2.43. The van der Waals surface area contributed by atoms with Gasteiger partial charge in [-0.2, -0.15) is 0 Å². The van der Waals surface area contributed by atoms with Gasteiger partial charge in [-0.15, -0.1) is 0 Å². The first-order valence-electron chi connectivity index (χ1n) is 6.70. The first kappa shape index (κ1) is 13.6. The summed E-state index contributed by atoms with van der Waals surface area (Å²) in [6.07, 6.45) is 3.87. The van der Waals surface area contributed by atoms with E-state index in [1.165, 1.54) is 12.0 Å². The highest BCUT2D eigenvalue weighted by Gasteiger charge is 2.25. The molecule has 1 atom stereocenters. The van der Waals surface area contributed by atoms with Gasteiger partial charge in [-0.05, 0) is 30.4 Å². The topological polar surface area (TPSA) is 20.3 Å². The molecule has 2 rings (SSSR count). The van der Waals surface area contributed by atoms with Gasteiger partial charge in [-0.1, -0.05) is 47.5 Å². The van der Waals surface area contributed by atoms with Crippen LogP contribution in [0.4, 0.5) is 5.69 Å². The summed E-state index contributed by atoms with van der Waals surface area (Å²) in [4.78, 5) is 14.1. The van der Waals surface area contributed by atoms with Crippen molar-refractivity contribution in [1.29, 1.82) is 0 Å². The van der Waals surface area contributed by atoms with Crippen molar-refractivity contribution in [2.75, 3.05) is 16.8 Å². The largest absolute Gasteiger partial charge is 0.312 e. The fraction of sp³-hybridized carbons (Fsp3) is 0.533. The second kappa shape index (κ2) is 6.37. The highest BCUT2D eigenvalue weighted by Crippen LogP contribution is 2.29. The molecule has 0 radical (unpaired) electrons. The Balaban J connectivity index is 2.18. The van der Waals surface area contributed by atoms with E-state index in [1.807, 2.05) is 11.0 Å². The number of benzene rings is 1. The van der Waals surface area contributed by atoms with Crippen LogP contribution in [0.3, 0.4) is 0 Å². The van der Waals surface area contributed by atoms with Crippen molar-refractivity contribution in [2.24, 2.45) is 5.92 Å². The van der Waals surface area contributed by atoms with Crippen LogP contribution in [0.2, 0.25) is 0 Å². The molecule has 0 aliphatic carbocycles. The highest BCUT2D eigenvalue weighted by atomic mass is 79.9. The van der Waals surface area contributed by atoms with Crippen LogP contribution in [0.5, 0.6) is 0 Å². The average Bonchev–Trinajstić information content (AvgIpc) is 2.41. The Kier molecular flexibility index (Phi) is 4.81. The van der Waals surface area contributed by atoms with E-state index in [0.717, 1.165) is 30.4 Å². The quantitative estimate of drug-likeness (QED) is 0.758. The van der Waals surface area contributed by atoms with E-state index in [0.29, 0.717) is 12.3 Å². The minimum Gasteiger partial charge on any atom is -0.312 e.